The van der Waals surface area contributed by atoms with Gasteiger partial charge in [-0.25, -0.2) is 0 Å². The van der Waals surface area contributed by atoms with Crippen LogP contribution in [-0.4, -0.2) is 51.7 Å². The SMILES string of the molecule is COc1cc(OC)cc(C(=O)NCC(=O)OCC(=O)NCCc2cccs2)c1. The van der Waals surface area contributed by atoms with Gasteiger partial charge in [0.1, 0.15) is 18.0 Å². The minimum absolute atomic E-state index is 0.273. The van der Waals surface area contributed by atoms with Crippen LogP contribution in [0.5, 0.6) is 11.5 Å². The average molecular weight is 406 g/mol. The second-order valence-corrected chi connectivity index (χ2v) is 6.66. The molecule has 2 rings (SSSR count). The Bertz CT molecular complexity index is 785. The van der Waals surface area contributed by atoms with E-state index in [-0.39, 0.29) is 12.1 Å². The Morgan fingerprint density at radius 1 is 1.04 bits per heavy atom. The molecule has 2 amide bonds. The van der Waals surface area contributed by atoms with E-state index in [1.807, 2.05) is 17.5 Å². The summed E-state index contributed by atoms with van der Waals surface area (Å²) in [5, 5.41) is 7.07. The van der Waals surface area contributed by atoms with Crippen molar-refractivity contribution in [2.45, 2.75) is 6.42 Å². The van der Waals surface area contributed by atoms with E-state index in [1.54, 1.807) is 17.4 Å². The van der Waals surface area contributed by atoms with Crippen molar-refractivity contribution in [2.75, 3.05) is 33.9 Å². The van der Waals surface area contributed by atoms with Crippen molar-refractivity contribution in [1.29, 1.82) is 0 Å². The lowest BCUT2D eigenvalue weighted by Crippen LogP contribution is -2.34. The fraction of sp³-hybridized carbons (Fsp3) is 0.316. The van der Waals surface area contributed by atoms with Crippen LogP contribution in [0.1, 0.15) is 15.2 Å². The first-order chi connectivity index (χ1) is 13.5. The van der Waals surface area contributed by atoms with Crippen molar-refractivity contribution in [3.05, 3.63) is 46.2 Å². The zero-order chi connectivity index (χ0) is 20.4. The largest absolute Gasteiger partial charge is 0.497 e. The van der Waals surface area contributed by atoms with Gasteiger partial charge in [-0.2, -0.15) is 0 Å². The maximum Gasteiger partial charge on any atom is 0.325 e. The molecule has 0 saturated carbocycles. The molecule has 0 atom stereocenters. The third kappa shape index (κ3) is 6.92. The summed E-state index contributed by atoms with van der Waals surface area (Å²) in [5.41, 5.74) is 0.273. The zero-order valence-electron chi connectivity index (χ0n) is 15.7. The molecule has 0 aliphatic rings. The topological polar surface area (TPSA) is 103 Å². The summed E-state index contributed by atoms with van der Waals surface area (Å²) in [7, 11) is 2.94. The summed E-state index contributed by atoms with van der Waals surface area (Å²) in [6.07, 6.45) is 0.720. The molecule has 0 unspecified atom stereocenters. The number of rotatable bonds is 10. The monoisotopic (exact) mass is 406 g/mol. The van der Waals surface area contributed by atoms with Gasteiger partial charge in [0.05, 0.1) is 14.2 Å². The highest BCUT2D eigenvalue weighted by molar-refractivity contribution is 7.09. The molecule has 2 N–H and O–H groups in total. The molecular formula is C19H22N2O6S. The molecule has 1 aromatic heterocycles. The van der Waals surface area contributed by atoms with Crippen molar-refractivity contribution in [2.24, 2.45) is 0 Å². The number of amides is 2. The van der Waals surface area contributed by atoms with Crippen molar-refractivity contribution in [1.82, 2.24) is 10.6 Å². The first kappa shape index (κ1) is 21.2. The van der Waals surface area contributed by atoms with Gasteiger partial charge in [-0.1, -0.05) is 6.07 Å². The average Bonchev–Trinajstić information content (AvgIpc) is 3.23. The number of hydrogen-bond donors (Lipinski definition) is 2. The Balaban J connectivity index is 1.70. The molecule has 0 aliphatic carbocycles. The number of methoxy groups -OCH3 is 2. The molecule has 1 heterocycles. The van der Waals surface area contributed by atoms with Gasteiger partial charge >= 0.3 is 5.97 Å². The highest BCUT2D eigenvalue weighted by atomic mass is 32.1. The van der Waals surface area contributed by atoms with E-state index in [0.717, 1.165) is 11.3 Å². The second-order valence-electron chi connectivity index (χ2n) is 5.62. The van der Waals surface area contributed by atoms with Crippen LogP contribution in [0.15, 0.2) is 35.7 Å². The van der Waals surface area contributed by atoms with Crippen LogP contribution in [0, 0.1) is 0 Å². The van der Waals surface area contributed by atoms with Gasteiger partial charge in [0.2, 0.25) is 0 Å². The number of benzene rings is 1. The summed E-state index contributed by atoms with van der Waals surface area (Å²) in [6, 6.07) is 8.59. The summed E-state index contributed by atoms with van der Waals surface area (Å²) in [5.74, 6) is -0.697. The zero-order valence-corrected chi connectivity index (χ0v) is 16.5. The standard InChI is InChI=1S/C19H22N2O6S/c1-25-14-8-13(9-15(10-14)26-2)19(24)21-11-18(23)27-12-17(22)20-6-5-16-4-3-7-28-16/h3-4,7-10H,5-6,11-12H2,1-2H3,(H,20,22)(H,21,24). The molecule has 150 valence electrons. The van der Waals surface area contributed by atoms with E-state index in [9.17, 15) is 14.4 Å². The van der Waals surface area contributed by atoms with Gasteiger partial charge < -0.3 is 24.8 Å². The number of ether oxygens (including phenoxy) is 3. The van der Waals surface area contributed by atoms with E-state index in [0.29, 0.717) is 18.0 Å². The fourth-order valence-corrected chi connectivity index (χ4v) is 2.93. The summed E-state index contributed by atoms with van der Waals surface area (Å²) in [6.45, 7) is -0.293. The Morgan fingerprint density at radius 2 is 1.75 bits per heavy atom. The predicted octanol–water partition coefficient (Wildman–Crippen LogP) is 1.40. The molecule has 9 heteroatoms. The van der Waals surface area contributed by atoms with Crippen molar-refractivity contribution in [3.8, 4) is 11.5 Å². The number of hydrogen-bond acceptors (Lipinski definition) is 7. The smallest absolute Gasteiger partial charge is 0.325 e. The maximum atomic E-state index is 12.2. The van der Waals surface area contributed by atoms with Gasteiger partial charge in [-0.15, -0.1) is 11.3 Å². The number of carbonyl (C=O) groups excluding carboxylic acids is 3. The number of nitrogens with one attached hydrogen (secondary N) is 2. The Morgan fingerprint density at radius 3 is 2.36 bits per heavy atom. The normalized spacial score (nSPS) is 10.1. The number of carbonyl (C=O) groups is 3. The van der Waals surface area contributed by atoms with Crippen molar-refractivity contribution >= 4 is 29.1 Å². The molecule has 8 nitrogen and oxygen atoms in total. The van der Waals surface area contributed by atoms with E-state index < -0.39 is 24.4 Å². The maximum absolute atomic E-state index is 12.2. The van der Waals surface area contributed by atoms with E-state index >= 15 is 0 Å². The van der Waals surface area contributed by atoms with Gasteiger partial charge in [0.25, 0.3) is 11.8 Å². The van der Waals surface area contributed by atoms with Crippen LogP contribution in [0.25, 0.3) is 0 Å². The lowest BCUT2D eigenvalue weighted by atomic mass is 10.2. The molecule has 0 spiro atoms. The molecule has 0 fully saturated rings. The van der Waals surface area contributed by atoms with Crippen LogP contribution < -0.4 is 20.1 Å². The number of thiophene rings is 1. The Kier molecular flexibility index (Phi) is 8.29. The van der Waals surface area contributed by atoms with Crippen LogP contribution in [0.2, 0.25) is 0 Å². The third-order valence-corrected chi connectivity index (χ3v) is 4.58. The van der Waals surface area contributed by atoms with Crippen molar-refractivity contribution < 1.29 is 28.6 Å². The number of esters is 1. The summed E-state index contributed by atoms with van der Waals surface area (Å²) >= 11 is 1.61. The first-order valence-corrected chi connectivity index (χ1v) is 9.35. The van der Waals surface area contributed by atoms with Gasteiger partial charge in [0.15, 0.2) is 6.61 Å². The van der Waals surface area contributed by atoms with Crippen LogP contribution in [0.4, 0.5) is 0 Å². The van der Waals surface area contributed by atoms with Gasteiger partial charge in [-0.3, -0.25) is 14.4 Å². The van der Waals surface area contributed by atoms with Crippen LogP contribution in [-0.2, 0) is 20.7 Å². The fourth-order valence-electron chi connectivity index (χ4n) is 2.22. The highest BCUT2D eigenvalue weighted by Crippen LogP contribution is 2.22. The van der Waals surface area contributed by atoms with Crippen molar-refractivity contribution in [3.63, 3.8) is 0 Å². The Labute approximate surface area is 166 Å². The molecule has 28 heavy (non-hydrogen) atoms. The highest BCUT2D eigenvalue weighted by Gasteiger charge is 2.13. The van der Waals surface area contributed by atoms with E-state index in [1.165, 1.54) is 26.4 Å². The minimum Gasteiger partial charge on any atom is -0.497 e. The quantitative estimate of drug-likeness (QED) is 0.578. The van der Waals surface area contributed by atoms with Gasteiger partial charge in [-0.05, 0) is 30.0 Å². The Hall–Kier alpha value is -3.07. The lowest BCUT2D eigenvalue weighted by molar-refractivity contribution is -0.147. The molecule has 1 aromatic carbocycles. The lowest BCUT2D eigenvalue weighted by Gasteiger charge is -2.09. The molecule has 0 bridgehead atoms. The second kappa shape index (κ2) is 10.9. The van der Waals surface area contributed by atoms with E-state index in [4.69, 9.17) is 14.2 Å². The molecular weight excluding hydrogens is 384 g/mol. The summed E-state index contributed by atoms with van der Waals surface area (Å²) < 4.78 is 15.1. The molecule has 2 aromatic rings. The van der Waals surface area contributed by atoms with Gasteiger partial charge in [0, 0.05) is 23.1 Å². The summed E-state index contributed by atoms with van der Waals surface area (Å²) in [4.78, 5) is 36.7. The molecule has 0 radical (unpaired) electrons. The first-order valence-electron chi connectivity index (χ1n) is 8.47. The van der Waals surface area contributed by atoms with Crippen LogP contribution >= 0.6 is 11.3 Å². The predicted molar refractivity (Wildman–Crippen MR) is 104 cm³/mol. The minimum atomic E-state index is -0.711. The molecule has 0 aliphatic heterocycles. The van der Waals surface area contributed by atoms with E-state index in [2.05, 4.69) is 10.6 Å². The van der Waals surface area contributed by atoms with Crippen LogP contribution in [0.3, 0.4) is 0 Å². The third-order valence-electron chi connectivity index (χ3n) is 3.64. The molecule has 0 saturated heterocycles.